The minimum absolute atomic E-state index is 0.338. The SMILES string of the molecule is CCCCCCCCC1CCCN1CCCCCCC(=O)O. The highest BCUT2D eigenvalue weighted by Crippen LogP contribution is 2.23. The van der Waals surface area contributed by atoms with Crippen molar-refractivity contribution in [2.24, 2.45) is 0 Å². The second-order valence-electron chi connectivity index (χ2n) is 6.95. The van der Waals surface area contributed by atoms with Gasteiger partial charge in [-0.05, 0) is 45.2 Å². The maximum absolute atomic E-state index is 10.5. The van der Waals surface area contributed by atoms with Gasteiger partial charge in [-0.25, -0.2) is 0 Å². The van der Waals surface area contributed by atoms with Gasteiger partial charge in [-0.2, -0.15) is 0 Å². The minimum atomic E-state index is -0.654. The molecule has 1 atom stereocenters. The summed E-state index contributed by atoms with van der Waals surface area (Å²) in [6.45, 7) is 4.79. The van der Waals surface area contributed by atoms with Crippen LogP contribution in [-0.2, 0) is 4.79 Å². The van der Waals surface area contributed by atoms with Crippen LogP contribution in [0.3, 0.4) is 0 Å². The Morgan fingerprint density at radius 2 is 1.68 bits per heavy atom. The third-order valence-corrected chi connectivity index (χ3v) is 4.98. The fourth-order valence-electron chi connectivity index (χ4n) is 3.62. The van der Waals surface area contributed by atoms with Crippen molar-refractivity contribution in [3.8, 4) is 0 Å². The molecule has 3 nitrogen and oxygen atoms in total. The molecule has 0 spiro atoms. The van der Waals surface area contributed by atoms with Crippen molar-refractivity contribution in [2.75, 3.05) is 13.1 Å². The quantitative estimate of drug-likeness (QED) is 0.446. The molecule has 1 saturated heterocycles. The van der Waals surface area contributed by atoms with Crippen molar-refractivity contribution in [1.29, 1.82) is 0 Å². The number of nitrogens with zero attached hydrogens (tertiary/aromatic N) is 1. The molecule has 1 rings (SSSR count). The maximum atomic E-state index is 10.5. The Bertz CT molecular complexity index is 281. The van der Waals surface area contributed by atoms with E-state index in [2.05, 4.69) is 11.8 Å². The zero-order valence-corrected chi connectivity index (χ0v) is 14.7. The summed E-state index contributed by atoms with van der Waals surface area (Å²) in [5, 5.41) is 8.62. The monoisotopic (exact) mass is 311 g/mol. The molecule has 0 aliphatic carbocycles. The molecular weight excluding hydrogens is 274 g/mol. The van der Waals surface area contributed by atoms with E-state index in [9.17, 15) is 4.79 Å². The first-order valence-corrected chi connectivity index (χ1v) is 9.70. The van der Waals surface area contributed by atoms with Gasteiger partial charge < -0.3 is 10.0 Å². The van der Waals surface area contributed by atoms with E-state index in [0.717, 1.165) is 18.9 Å². The van der Waals surface area contributed by atoms with Crippen molar-refractivity contribution >= 4 is 5.97 Å². The molecule has 0 aromatic carbocycles. The summed E-state index contributed by atoms with van der Waals surface area (Å²) >= 11 is 0. The van der Waals surface area contributed by atoms with E-state index in [4.69, 9.17) is 5.11 Å². The Morgan fingerprint density at radius 1 is 1.00 bits per heavy atom. The topological polar surface area (TPSA) is 40.5 Å². The third kappa shape index (κ3) is 9.45. The Labute approximate surface area is 137 Å². The Kier molecular flexibility index (Phi) is 11.4. The first-order valence-electron chi connectivity index (χ1n) is 9.70. The molecule has 3 heteroatoms. The molecule has 130 valence electrons. The number of carbonyl (C=O) groups is 1. The van der Waals surface area contributed by atoms with E-state index < -0.39 is 5.97 Å². The first-order chi connectivity index (χ1) is 10.7. The van der Waals surface area contributed by atoms with Crippen molar-refractivity contribution in [3.63, 3.8) is 0 Å². The van der Waals surface area contributed by atoms with E-state index in [-0.39, 0.29) is 0 Å². The van der Waals surface area contributed by atoms with E-state index in [1.807, 2.05) is 0 Å². The summed E-state index contributed by atoms with van der Waals surface area (Å²) in [5.74, 6) is -0.654. The highest BCUT2D eigenvalue weighted by molar-refractivity contribution is 5.66. The lowest BCUT2D eigenvalue weighted by Gasteiger charge is -2.24. The van der Waals surface area contributed by atoms with Crippen LogP contribution >= 0.6 is 0 Å². The highest BCUT2D eigenvalue weighted by Gasteiger charge is 2.22. The number of carboxylic acids is 1. The number of hydrogen-bond acceptors (Lipinski definition) is 2. The summed E-state index contributed by atoms with van der Waals surface area (Å²) in [6.07, 6.45) is 17.2. The van der Waals surface area contributed by atoms with Crippen molar-refractivity contribution in [3.05, 3.63) is 0 Å². The first kappa shape index (κ1) is 19.5. The maximum Gasteiger partial charge on any atom is 0.303 e. The van der Waals surface area contributed by atoms with Crippen LogP contribution in [0.4, 0.5) is 0 Å². The van der Waals surface area contributed by atoms with Crippen LogP contribution in [0.2, 0.25) is 0 Å². The molecule has 0 bridgehead atoms. The Balaban J connectivity index is 1.99. The van der Waals surface area contributed by atoms with Crippen LogP contribution in [0.15, 0.2) is 0 Å². The highest BCUT2D eigenvalue weighted by atomic mass is 16.4. The van der Waals surface area contributed by atoms with Crippen LogP contribution in [0.1, 0.15) is 96.8 Å². The Hall–Kier alpha value is -0.570. The van der Waals surface area contributed by atoms with Crippen molar-refractivity contribution in [2.45, 2.75) is 103 Å². The standard InChI is InChI=1S/C19H37NO2/c1-2-3-4-5-6-9-13-18-14-12-17-20(18)16-11-8-7-10-15-19(21)22/h18H,2-17H2,1H3,(H,21,22). The number of carboxylic acid groups (broad SMARTS) is 1. The lowest BCUT2D eigenvalue weighted by Crippen LogP contribution is -2.30. The van der Waals surface area contributed by atoms with Crippen LogP contribution in [-0.4, -0.2) is 35.1 Å². The molecule has 0 amide bonds. The zero-order valence-electron chi connectivity index (χ0n) is 14.7. The molecule has 1 aliphatic rings. The van der Waals surface area contributed by atoms with Gasteiger partial charge in [-0.15, -0.1) is 0 Å². The van der Waals surface area contributed by atoms with E-state index >= 15 is 0 Å². The van der Waals surface area contributed by atoms with Crippen LogP contribution in [0.25, 0.3) is 0 Å². The average Bonchev–Trinajstić information content (AvgIpc) is 2.93. The van der Waals surface area contributed by atoms with Gasteiger partial charge in [0.2, 0.25) is 0 Å². The predicted molar refractivity (Wildman–Crippen MR) is 93.3 cm³/mol. The second-order valence-corrected chi connectivity index (χ2v) is 6.95. The summed E-state index contributed by atoms with van der Waals surface area (Å²) in [7, 11) is 0. The van der Waals surface area contributed by atoms with Gasteiger partial charge in [0.15, 0.2) is 0 Å². The van der Waals surface area contributed by atoms with E-state index in [1.165, 1.54) is 83.7 Å². The van der Waals surface area contributed by atoms with E-state index in [1.54, 1.807) is 0 Å². The fraction of sp³-hybridized carbons (Fsp3) is 0.947. The predicted octanol–water partition coefficient (Wildman–Crippen LogP) is 5.24. The molecule has 0 radical (unpaired) electrons. The van der Waals surface area contributed by atoms with Crippen LogP contribution in [0.5, 0.6) is 0 Å². The molecule has 0 aromatic rings. The number of hydrogen-bond donors (Lipinski definition) is 1. The molecule has 1 heterocycles. The number of likely N-dealkylation sites (tertiary alicyclic amines) is 1. The number of unbranched alkanes of at least 4 members (excludes halogenated alkanes) is 8. The zero-order chi connectivity index (χ0) is 16.0. The molecular formula is C19H37NO2. The van der Waals surface area contributed by atoms with E-state index in [0.29, 0.717) is 6.42 Å². The summed E-state index contributed by atoms with van der Waals surface area (Å²) in [5.41, 5.74) is 0. The van der Waals surface area contributed by atoms with Gasteiger partial charge in [-0.3, -0.25) is 4.79 Å². The lowest BCUT2D eigenvalue weighted by atomic mass is 10.0. The van der Waals surface area contributed by atoms with Crippen LogP contribution < -0.4 is 0 Å². The van der Waals surface area contributed by atoms with Gasteiger partial charge in [0.25, 0.3) is 0 Å². The van der Waals surface area contributed by atoms with Crippen molar-refractivity contribution in [1.82, 2.24) is 4.90 Å². The molecule has 0 aromatic heterocycles. The smallest absolute Gasteiger partial charge is 0.303 e. The van der Waals surface area contributed by atoms with Gasteiger partial charge in [-0.1, -0.05) is 58.3 Å². The third-order valence-electron chi connectivity index (χ3n) is 4.98. The molecule has 1 aliphatic heterocycles. The average molecular weight is 312 g/mol. The fourth-order valence-corrected chi connectivity index (χ4v) is 3.62. The normalized spacial score (nSPS) is 18.9. The van der Waals surface area contributed by atoms with Gasteiger partial charge in [0, 0.05) is 12.5 Å². The minimum Gasteiger partial charge on any atom is -0.481 e. The molecule has 1 N–H and O–H groups in total. The van der Waals surface area contributed by atoms with Gasteiger partial charge in [0.05, 0.1) is 0 Å². The summed E-state index contributed by atoms with van der Waals surface area (Å²) in [6, 6.07) is 0.838. The molecule has 1 unspecified atom stereocenters. The second kappa shape index (κ2) is 12.9. The molecule has 1 fully saturated rings. The van der Waals surface area contributed by atoms with Gasteiger partial charge >= 0.3 is 5.97 Å². The summed E-state index contributed by atoms with van der Waals surface area (Å²) in [4.78, 5) is 13.2. The largest absolute Gasteiger partial charge is 0.481 e. The van der Waals surface area contributed by atoms with Crippen molar-refractivity contribution < 1.29 is 9.90 Å². The number of rotatable bonds is 14. The molecule has 0 saturated carbocycles. The number of aliphatic carboxylic acids is 1. The Morgan fingerprint density at radius 3 is 2.45 bits per heavy atom. The lowest BCUT2D eigenvalue weighted by molar-refractivity contribution is -0.137. The van der Waals surface area contributed by atoms with Crippen LogP contribution in [0, 0.1) is 0 Å². The van der Waals surface area contributed by atoms with Gasteiger partial charge in [0.1, 0.15) is 0 Å². The molecule has 22 heavy (non-hydrogen) atoms. The summed E-state index contributed by atoms with van der Waals surface area (Å²) < 4.78 is 0.